The van der Waals surface area contributed by atoms with E-state index in [2.05, 4.69) is 25.6 Å². The summed E-state index contributed by atoms with van der Waals surface area (Å²) < 4.78 is 78.4. The van der Waals surface area contributed by atoms with E-state index in [4.69, 9.17) is 9.47 Å². The van der Waals surface area contributed by atoms with Gasteiger partial charge in [0.2, 0.25) is 16.0 Å². The smallest absolute Gasteiger partial charge is 0.418 e. The molecular weight excluding hydrogens is 489 g/mol. The minimum absolute atomic E-state index is 0.0171. The summed E-state index contributed by atoms with van der Waals surface area (Å²) in [5.74, 6) is 0.305. The van der Waals surface area contributed by atoms with Crippen molar-refractivity contribution in [1.82, 2.24) is 19.3 Å². The number of aromatic nitrogens is 3. The van der Waals surface area contributed by atoms with Crippen LogP contribution in [0.4, 0.5) is 30.6 Å². The number of anilines is 3. The lowest BCUT2D eigenvalue weighted by molar-refractivity contribution is -0.136. The van der Waals surface area contributed by atoms with E-state index in [1.165, 1.54) is 29.6 Å². The van der Waals surface area contributed by atoms with Crippen LogP contribution in [0.15, 0.2) is 29.3 Å². The highest BCUT2D eigenvalue weighted by molar-refractivity contribution is 7.89. The number of H-pyrrole nitrogens is 1. The Morgan fingerprint density at radius 3 is 2.60 bits per heavy atom. The highest BCUT2D eigenvalue weighted by Gasteiger charge is 2.36. The van der Waals surface area contributed by atoms with Crippen molar-refractivity contribution in [3.05, 3.63) is 30.0 Å². The number of alkyl halides is 3. The highest BCUT2D eigenvalue weighted by Crippen LogP contribution is 2.39. The molecule has 1 saturated heterocycles. The molecule has 1 aliphatic heterocycles. The van der Waals surface area contributed by atoms with E-state index in [1.807, 2.05) is 0 Å². The van der Waals surface area contributed by atoms with Gasteiger partial charge >= 0.3 is 6.18 Å². The van der Waals surface area contributed by atoms with E-state index in [0.29, 0.717) is 18.9 Å². The van der Waals surface area contributed by atoms with Gasteiger partial charge < -0.3 is 25.1 Å². The number of sulfonamides is 1. The molecule has 3 N–H and O–H groups in total. The molecule has 188 valence electrons. The van der Waals surface area contributed by atoms with Gasteiger partial charge in [0.1, 0.15) is 17.2 Å². The summed E-state index contributed by atoms with van der Waals surface area (Å²) in [6.45, 7) is 1.15. The van der Waals surface area contributed by atoms with Gasteiger partial charge in [0.15, 0.2) is 0 Å². The molecule has 0 unspecified atom stereocenters. The number of morpholine rings is 1. The fourth-order valence-electron chi connectivity index (χ4n) is 3.83. The second-order valence-electron chi connectivity index (χ2n) is 8.24. The van der Waals surface area contributed by atoms with E-state index in [9.17, 15) is 21.6 Å². The Kier molecular flexibility index (Phi) is 5.97. The largest absolute Gasteiger partial charge is 0.495 e. The monoisotopic (exact) mass is 512 g/mol. The average Bonchev–Trinajstić information content (AvgIpc) is 3.53. The van der Waals surface area contributed by atoms with E-state index in [-0.39, 0.29) is 52.6 Å². The molecule has 1 saturated carbocycles. The predicted octanol–water partition coefficient (Wildman–Crippen LogP) is 3.32. The molecule has 0 radical (unpaired) electrons. The molecule has 0 amide bonds. The molecule has 1 aliphatic carbocycles. The van der Waals surface area contributed by atoms with Crippen LogP contribution < -0.4 is 15.4 Å². The van der Waals surface area contributed by atoms with Crippen LogP contribution in [0, 0.1) is 0 Å². The number of rotatable bonds is 7. The molecule has 35 heavy (non-hydrogen) atoms. The summed E-state index contributed by atoms with van der Waals surface area (Å²) in [7, 11) is -2.36. The minimum atomic E-state index is -4.57. The van der Waals surface area contributed by atoms with Crippen LogP contribution in [-0.4, -0.2) is 67.1 Å². The van der Waals surface area contributed by atoms with Gasteiger partial charge in [0, 0.05) is 31.4 Å². The van der Waals surface area contributed by atoms with Crippen molar-refractivity contribution in [1.29, 1.82) is 0 Å². The van der Waals surface area contributed by atoms with Crippen molar-refractivity contribution in [3.8, 4) is 5.75 Å². The van der Waals surface area contributed by atoms with Gasteiger partial charge in [-0.1, -0.05) is 0 Å². The zero-order valence-corrected chi connectivity index (χ0v) is 19.5. The summed E-state index contributed by atoms with van der Waals surface area (Å²) >= 11 is 0. The first kappa shape index (κ1) is 23.6. The third kappa shape index (κ3) is 4.73. The number of ether oxygens (including phenoxy) is 2. The molecule has 0 bridgehead atoms. The highest BCUT2D eigenvalue weighted by atomic mass is 32.2. The number of fused-ring (bicyclic) bond motifs is 1. The van der Waals surface area contributed by atoms with E-state index >= 15 is 0 Å². The molecule has 0 atom stereocenters. The first-order valence-corrected chi connectivity index (χ1v) is 12.4. The molecule has 3 heterocycles. The second kappa shape index (κ2) is 8.84. The Bertz CT molecular complexity index is 1350. The van der Waals surface area contributed by atoms with Gasteiger partial charge in [-0.15, -0.1) is 0 Å². The Hall–Kier alpha value is -3.10. The van der Waals surface area contributed by atoms with Crippen LogP contribution in [0.5, 0.6) is 5.75 Å². The van der Waals surface area contributed by atoms with Crippen molar-refractivity contribution in [3.63, 3.8) is 0 Å². The Morgan fingerprint density at radius 1 is 1.20 bits per heavy atom. The van der Waals surface area contributed by atoms with Gasteiger partial charge in [-0.3, -0.25) is 0 Å². The lowest BCUT2D eigenvalue weighted by Crippen LogP contribution is -2.40. The number of aromatic amines is 1. The Labute approximate surface area is 198 Å². The average molecular weight is 513 g/mol. The number of nitrogens with one attached hydrogen (secondary N) is 3. The van der Waals surface area contributed by atoms with Crippen LogP contribution in [0.3, 0.4) is 0 Å². The second-order valence-corrected chi connectivity index (χ2v) is 10.2. The van der Waals surface area contributed by atoms with Gasteiger partial charge in [-0.2, -0.15) is 27.4 Å². The van der Waals surface area contributed by atoms with Gasteiger partial charge in [0.05, 0.1) is 41.9 Å². The summed E-state index contributed by atoms with van der Waals surface area (Å²) in [4.78, 5) is 11.1. The number of hydrogen-bond acceptors (Lipinski definition) is 8. The van der Waals surface area contributed by atoms with Crippen LogP contribution in [0.2, 0.25) is 0 Å². The quantitative estimate of drug-likeness (QED) is 0.441. The van der Waals surface area contributed by atoms with Crippen molar-refractivity contribution < 1.29 is 31.1 Å². The molecule has 2 aromatic heterocycles. The maximum absolute atomic E-state index is 13.5. The first-order chi connectivity index (χ1) is 16.7. The standard InChI is InChI=1S/C21H23F3N6O4S/c1-33-16-10-13(35(31,32)30-6-8-34-9-7-30)4-5-15(16)27-20-28-18-17(14(11-25-18)21(22,23)24)19(29-20)26-12-2-3-12/h4-5,10-12H,2-3,6-9H2,1H3,(H3,25,26,27,28,29). The Morgan fingerprint density at radius 2 is 1.94 bits per heavy atom. The minimum Gasteiger partial charge on any atom is -0.495 e. The molecule has 2 fully saturated rings. The number of hydrogen-bond donors (Lipinski definition) is 3. The van der Waals surface area contributed by atoms with E-state index in [0.717, 1.165) is 19.0 Å². The predicted molar refractivity (Wildman–Crippen MR) is 121 cm³/mol. The maximum Gasteiger partial charge on any atom is 0.418 e. The van der Waals surface area contributed by atoms with Crippen LogP contribution >= 0.6 is 0 Å². The van der Waals surface area contributed by atoms with Crippen LogP contribution in [0.1, 0.15) is 18.4 Å². The lowest BCUT2D eigenvalue weighted by Gasteiger charge is -2.26. The van der Waals surface area contributed by atoms with Crippen molar-refractivity contribution in [2.45, 2.75) is 30.0 Å². The first-order valence-electron chi connectivity index (χ1n) is 10.9. The summed E-state index contributed by atoms with van der Waals surface area (Å²) in [5, 5.41) is 5.85. The maximum atomic E-state index is 13.5. The topological polar surface area (TPSA) is 121 Å². The van der Waals surface area contributed by atoms with E-state index < -0.39 is 21.8 Å². The number of halogens is 3. The summed E-state index contributed by atoms with van der Waals surface area (Å²) in [6.07, 6.45) is -2.02. The fraction of sp³-hybridized carbons (Fsp3) is 0.429. The van der Waals surface area contributed by atoms with Crippen LogP contribution in [0.25, 0.3) is 11.0 Å². The van der Waals surface area contributed by atoms with Gasteiger partial charge in [0.25, 0.3) is 0 Å². The molecule has 0 spiro atoms. The molecule has 2 aliphatic rings. The molecular formula is C21H23F3N6O4S. The van der Waals surface area contributed by atoms with E-state index in [1.54, 1.807) is 0 Å². The van der Waals surface area contributed by atoms with Crippen molar-refractivity contribution >= 4 is 38.5 Å². The molecule has 14 heteroatoms. The number of benzene rings is 1. The molecule has 3 aromatic rings. The lowest BCUT2D eigenvalue weighted by atomic mass is 10.2. The SMILES string of the molecule is COc1cc(S(=O)(=O)N2CCOCC2)ccc1Nc1nc(NC2CC2)c2c(C(F)(F)F)c[nH]c2n1. The van der Waals surface area contributed by atoms with Gasteiger partial charge in [-0.25, -0.2) is 8.42 Å². The number of methoxy groups -OCH3 is 1. The summed E-state index contributed by atoms with van der Waals surface area (Å²) in [5.41, 5.74) is -0.478. The van der Waals surface area contributed by atoms with Gasteiger partial charge in [-0.05, 0) is 25.0 Å². The molecule has 1 aromatic carbocycles. The van der Waals surface area contributed by atoms with Crippen LogP contribution in [-0.2, 0) is 20.9 Å². The van der Waals surface area contributed by atoms with Crippen molar-refractivity contribution in [2.75, 3.05) is 44.0 Å². The Balaban J connectivity index is 1.48. The third-order valence-corrected chi connectivity index (χ3v) is 7.68. The third-order valence-electron chi connectivity index (χ3n) is 5.78. The zero-order chi connectivity index (χ0) is 24.8. The molecule has 10 nitrogen and oxygen atoms in total. The number of nitrogens with zero attached hydrogens (tertiary/aromatic N) is 3. The van der Waals surface area contributed by atoms with Crippen molar-refractivity contribution in [2.24, 2.45) is 0 Å². The normalized spacial score (nSPS) is 17.5. The zero-order valence-electron chi connectivity index (χ0n) is 18.6. The fourth-order valence-corrected chi connectivity index (χ4v) is 5.25. The molecule has 5 rings (SSSR count). The summed E-state index contributed by atoms with van der Waals surface area (Å²) in [6, 6.07) is 4.36.